The van der Waals surface area contributed by atoms with E-state index >= 15 is 0 Å². The average molecular weight is 284 g/mol. The van der Waals surface area contributed by atoms with Crippen molar-refractivity contribution in [3.05, 3.63) is 36.0 Å². The van der Waals surface area contributed by atoms with Crippen molar-refractivity contribution >= 4 is 23.3 Å². The topological polar surface area (TPSA) is 83.0 Å². The number of hydrogen-bond acceptors (Lipinski definition) is 5. The van der Waals surface area contributed by atoms with E-state index in [1.54, 1.807) is 6.20 Å². The Balaban J connectivity index is 1.70. The molecule has 0 spiro atoms. The molecule has 21 heavy (non-hydrogen) atoms. The zero-order chi connectivity index (χ0) is 14.7. The Morgan fingerprint density at radius 1 is 1.43 bits per heavy atom. The van der Waals surface area contributed by atoms with E-state index in [1.165, 1.54) is 0 Å². The molecule has 0 bridgehead atoms. The first-order valence-electron chi connectivity index (χ1n) is 7.27. The molecule has 1 aliphatic carbocycles. The normalized spacial score (nSPS) is 25.0. The van der Waals surface area contributed by atoms with Gasteiger partial charge in [-0.1, -0.05) is 12.1 Å². The van der Waals surface area contributed by atoms with Crippen LogP contribution in [0.3, 0.4) is 0 Å². The van der Waals surface area contributed by atoms with E-state index in [1.807, 2.05) is 30.5 Å². The molecule has 0 atom stereocenters. The molecule has 0 saturated heterocycles. The molecule has 0 radical (unpaired) electrons. The highest BCUT2D eigenvalue weighted by Crippen LogP contribution is 2.30. The Kier molecular flexibility index (Phi) is 4.01. The van der Waals surface area contributed by atoms with Crippen LogP contribution in [0.5, 0.6) is 0 Å². The second kappa shape index (κ2) is 6.10. The van der Waals surface area contributed by atoms with Crippen LogP contribution in [0.15, 0.2) is 46.0 Å². The van der Waals surface area contributed by atoms with Gasteiger partial charge < -0.3 is 16.2 Å². The lowest BCUT2D eigenvalue weighted by atomic mass is 9.81. The zero-order valence-electron chi connectivity index (χ0n) is 11.9. The van der Waals surface area contributed by atoms with Crippen molar-refractivity contribution in [2.45, 2.75) is 18.9 Å². The monoisotopic (exact) mass is 284 g/mol. The van der Waals surface area contributed by atoms with Gasteiger partial charge in [0.25, 0.3) is 0 Å². The van der Waals surface area contributed by atoms with Crippen molar-refractivity contribution < 1.29 is 5.11 Å². The fourth-order valence-electron chi connectivity index (χ4n) is 2.62. The third kappa shape index (κ3) is 2.97. The van der Waals surface area contributed by atoms with Gasteiger partial charge in [-0.3, -0.25) is 4.99 Å². The number of nitrogens with zero attached hydrogens (tertiary/aromatic N) is 2. The summed E-state index contributed by atoms with van der Waals surface area (Å²) >= 11 is 0. The molecule has 1 aromatic carbocycles. The molecule has 1 saturated carbocycles. The molecule has 5 nitrogen and oxygen atoms in total. The standard InChI is InChI=1S/C16H20N4O/c17-7-12(8-18-13-5-11(6-13)10-21)16-9-19-14-3-1-2-4-15(14)20-16/h1-4,7-8,11,13,19,21H,5-6,9-10,17H2. The molecule has 4 N–H and O–H groups in total. The number of aliphatic hydroxyl groups is 1. The van der Waals surface area contributed by atoms with Crippen LogP contribution in [0.1, 0.15) is 12.8 Å². The lowest BCUT2D eigenvalue weighted by molar-refractivity contribution is 0.145. The predicted octanol–water partition coefficient (Wildman–Crippen LogP) is 1.87. The number of para-hydroxylation sites is 2. The molecular weight excluding hydrogens is 264 g/mol. The van der Waals surface area contributed by atoms with Gasteiger partial charge in [0.1, 0.15) is 0 Å². The molecule has 2 aliphatic rings. The average Bonchev–Trinajstić information content (AvgIpc) is 2.49. The van der Waals surface area contributed by atoms with Crippen LogP contribution in [-0.2, 0) is 0 Å². The molecule has 0 aromatic heterocycles. The number of aliphatic hydroxyl groups excluding tert-OH is 1. The molecule has 5 heteroatoms. The molecule has 1 fully saturated rings. The summed E-state index contributed by atoms with van der Waals surface area (Å²) in [6, 6.07) is 8.25. The van der Waals surface area contributed by atoms with Crippen LogP contribution < -0.4 is 11.1 Å². The Morgan fingerprint density at radius 3 is 3.00 bits per heavy atom. The van der Waals surface area contributed by atoms with Crippen molar-refractivity contribution in [3.8, 4) is 0 Å². The first-order valence-corrected chi connectivity index (χ1v) is 7.27. The molecule has 1 heterocycles. The summed E-state index contributed by atoms with van der Waals surface area (Å²) in [6.45, 7) is 0.912. The molecule has 3 rings (SSSR count). The van der Waals surface area contributed by atoms with E-state index in [0.29, 0.717) is 18.5 Å². The predicted molar refractivity (Wildman–Crippen MR) is 86.4 cm³/mol. The summed E-state index contributed by atoms with van der Waals surface area (Å²) in [6.07, 6.45) is 5.28. The number of hydrogen-bond donors (Lipinski definition) is 3. The summed E-state index contributed by atoms with van der Waals surface area (Å²) in [4.78, 5) is 9.18. The van der Waals surface area contributed by atoms with Crippen LogP contribution in [-0.4, -0.2) is 36.2 Å². The van der Waals surface area contributed by atoms with Gasteiger partial charge in [-0.15, -0.1) is 0 Å². The Hall–Kier alpha value is -2.14. The summed E-state index contributed by atoms with van der Waals surface area (Å²) < 4.78 is 0. The first-order chi connectivity index (χ1) is 10.3. The van der Waals surface area contributed by atoms with Gasteiger partial charge in [-0.05, 0) is 30.9 Å². The van der Waals surface area contributed by atoms with Gasteiger partial charge in [0.05, 0.1) is 29.7 Å². The largest absolute Gasteiger partial charge is 0.404 e. The highest BCUT2D eigenvalue weighted by atomic mass is 16.3. The van der Waals surface area contributed by atoms with Crippen molar-refractivity contribution in [1.29, 1.82) is 0 Å². The van der Waals surface area contributed by atoms with Crippen LogP contribution in [0.25, 0.3) is 0 Å². The number of anilines is 1. The van der Waals surface area contributed by atoms with E-state index in [2.05, 4.69) is 15.3 Å². The highest BCUT2D eigenvalue weighted by molar-refractivity contribution is 6.19. The summed E-state index contributed by atoms with van der Waals surface area (Å²) in [7, 11) is 0. The minimum Gasteiger partial charge on any atom is -0.404 e. The summed E-state index contributed by atoms with van der Waals surface area (Å²) in [5, 5.41) is 12.4. The summed E-state index contributed by atoms with van der Waals surface area (Å²) in [5.74, 6) is 0.415. The number of aliphatic imine (C=N–C) groups is 2. The van der Waals surface area contributed by atoms with Crippen LogP contribution in [0.2, 0.25) is 0 Å². The molecule has 1 aromatic rings. The number of rotatable bonds is 4. The third-order valence-corrected chi connectivity index (χ3v) is 4.01. The fraction of sp³-hybridized carbons (Fsp3) is 0.375. The van der Waals surface area contributed by atoms with Gasteiger partial charge >= 0.3 is 0 Å². The number of fused-ring (bicyclic) bond motifs is 1. The molecular formula is C16H20N4O. The SMILES string of the molecule is NC=C(C=NC1CC(CO)C1)C1=Nc2ccccc2NC1. The lowest BCUT2D eigenvalue weighted by Gasteiger charge is -2.30. The van der Waals surface area contributed by atoms with Gasteiger partial charge in [-0.25, -0.2) is 4.99 Å². The molecule has 0 unspecified atom stereocenters. The summed E-state index contributed by atoms with van der Waals surface area (Å²) in [5.41, 5.74) is 9.44. The minimum absolute atomic E-state index is 0.263. The second-order valence-corrected chi connectivity index (χ2v) is 5.50. The second-order valence-electron chi connectivity index (χ2n) is 5.50. The van der Waals surface area contributed by atoms with Gasteiger partial charge in [0.2, 0.25) is 0 Å². The minimum atomic E-state index is 0.263. The maximum atomic E-state index is 9.01. The van der Waals surface area contributed by atoms with E-state index in [4.69, 9.17) is 10.8 Å². The van der Waals surface area contributed by atoms with Crippen LogP contribution in [0.4, 0.5) is 11.4 Å². The Labute approximate surface area is 124 Å². The lowest BCUT2D eigenvalue weighted by Crippen LogP contribution is -2.30. The quantitative estimate of drug-likeness (QED) is 0.738. The van der Waals surface area contributed by atoms with Crippen molar-refractivity contribution in [3.63, 3.8) is 0 Å². The molecule has 1 aliphatic heterocycles. The van der Waals surface area contributed by atoms with E-state index in [0.717, 1.165) is 35.5 Å². The van der Waals surface area contributed by atoms with Crippen LogP contribution >= 0.6 is 0 Å². The van der Waals surface area contributed by atoms with Gasteiger partial charge in [0.15, 0.2) is 0 Å². The molecule has 0 amide bonds. The maximum Gasteiger partial charge on any atom is 0.0865 e. The Bertz CT molecular complexity index is 600. The fourth-order valence-corrected chi connectivity index (χ4v) is 2.62. The third-order valence-electron chi connectivity index (χ3n) is 4.01. The van der Waals surface area contributed by atoms with Crippen molar-refractivity contribution in [2.24, 2.45) is 21.6 Å². The van der Waals surface area contributed by atoms with E-state index in [-0.39, 0.29) is 6.61 Å². The van der Waals surface area contributed by atoms with Crippen LogP contribution in [0, 0.1) is 5.92 Å². The number of nitrogens with two attached hydrogens (primary N) is 1. The van der Waals surface area contributed by atoms with Crippen molar-refractivity contribution in [1.82, 2.24) is 0 Å². The van der Waals surface area contributed by atoms with Gasteiger partial charge in [-0.2, -0.15) is 0 Å². The number of nitrogens with one attached hydrogen (secondary N) is 1. The number of benzene rings is 1. The van der Waals surface area contributed by atoms with E-state index < -0.39 is 0 Å². The smallest absolute Gasteiger partial charge is 0.0865 e. The van der Waals surface area contributed by atoms with Gasteiger partial charge in [0, 0.05) is 24.6 Å². The molecule has 110 valence electrons. The first kappa shape index (κ1) is 13.8. The Morgan fingerprint density at radius 2 is 2.24 bits per heavy atom. The highest BCUT2D eigenvalue weighted by Gasteiger charge is 2.27. The van der Waals surface area contributed by atoms with Crippen molar-refractivity contribution in [2.75, 3.05) is 18.5 Å². The maximum absolute atomic E-state index is 9.01. The zero-order valence-corrected chi connectivity index (χ0v) is 11.9. The van der Waals surface area contributed by atoms with E-state index in [9.17, 15) is 0 Å².